The molecule has 0 bridgehead atoms. The third-order valence-electron chi connectivity index (χ3n) is 2.82. The van der Waals surface area contributed by atoms with Crippen molar-refractivity contribution >= 4 is 29.9 Å². The molecule has 0 fully saturated rings. The molecule has 1 aromatic rings. The van der Waals surface area contributed by atoms with Crippen molar-refractivity contribution in [1.82, 2.24) is 10.6 Å². The summed E-state index contributed by atoms with van der Waals surface area (Å²) in [6.07, 6.45) is 0. The number of rotatable bonds is 8. The van der Waals surface area contributed by atoms with Gasteiger partial charge in [0.25, 0.3) is 0 Å². The molecule has 5 nitrogen and oxygen atoms in total. The van der Waals surface area contributed by atoms with E-state index in [0.29, 0.717) is 19.8 Å². The Labute approximate surface area is 150 Å². The summed E-state index contributed by atoms with van der Waals surface area (Å²) >= 11 is 0. The van der Waals surface area contributed by atoms with E-state index in [4.69, 9.17) is 9.47 Å². The zero-order valence-electron chi connectivity index (χ0n) is 13.9. The van der Waals surface area contributed by atoms with E-state index in [1.807, 2.05) is 38.1 Å². The van der Waals surface area contributed by atoms with Crippen LogP contribution in [0.3, 0.4) is 0 Å². The summed E-state index contributed by atoms with van der Waals surface area (Å²) in [7, 11) is 1.70. The summed E-state index contributed by atoms with van der Waals surface area (Å²) in [5.74, 6) is 1.68. The molecule has 1 atom stereocenters. The molecule has 0 amide bonds. The molecule has 2 N–H and O–H groups in total. The maximum Gasteiger partial charge on any atom is 0.191 e. The molecule has 0 aliphatic rings. The zero-order valence-corrected chi connectivity index (χ0v) is 16.2. The van der Waals surface area contributed by atoms with Gasteiger partial charge in [-0.3, -0.25) is 0 Å². The fourth-order valence-electron chi connectivity index (χ4n) is 1.94. The molecule has 0 spiro atoms. The van der Waals surface area contributed by atoms with Gasteiger partial charge in [-0.15, -0.1) is 24.0 Å². The van der Waals surface area contributed by atoms with Gasteiger partial charge in [0.15, 0.2) is 5.96 Å². The minimum absolute atomic E-state index is 0. The van der Waals surface area contributed by atoms with Crippen molar-refractivity contribution in [2.75, 3.05) is 26.9 Å². The molecular formula is C16H28IN3O2. The number of nitrogens with one attached hydrogen (secondary N) is 2. The largest absolute Gasteiger partial charge is 0.494 e. The number of methoxy groups -OCH3 is 1. The third-order valence-corrected chi connectivity index (χ3v) is 2.82. The van der Waals surface area contributed by atoms with Crippen LogP contribution >= 0.6 is 24.0 Å². The van der Waals surface area contributed by atoms with Crippen molar-refractivity contribution in [2.24, 2.45) is 4.99 Å². The van der Waals surface area contributed by atoms with Crippen molar-refractivity contribution < 1.29 is 9.47 Å². The lowest BCUT2D eigenvalue weighted by Crippen LogP contribution is -2.43. The Kier molecular flexibility index (Phi) is 11.9. The number of hydrogen-bond acceptors (Lipinski definition) is 3. The Balaban J connectivity index is 0.00000441. The third kappa shape index (κ3) is 7.84. The highest BCUT2D eigenvalue weighted by Crippen LogP contribution is 2.18. The summed E-state index contributed by atoms with van der Waals surface area (Å²) in [6.45, 7) is 8.78. The molecule has 126 valence electrons. The van der Waals surface area contributed by atoms with Crippen LogP contribution in [0.25, 0.3) is 0 Å². The van der Waals surface area contributed by atoms with Crippen LogP contribution < -0.4 is 15.4 Å². The number of aliphatic imine (C=N–C) groups is 1. The minimum Gasteiger partial charge on any atom is -0.494 e. The first-order valence-electron chi connectivity index (χ1n) is 7.45. The monoisotopic (exact) mass is 421 g/mol. The van der Waals surface area contributed by atoms with Gasteiger partial charge >= 0.3 is 0 Å². The van der Waals surface area contributed by atoms with Crippen LogP contribution in [-0.4, -0.2) is 38.9 Å². The molecule has 22 heavy (non-hydrogen) atoms. The van der Waals surface area contributed by atoms with E-state index >= 15 is 0 Å². The van der Waals surface area contributed by atoms with E-state index < -0.39 is 0 Å². The highest BCUT2D eigenvalue weighted by atomic mass is 127. The quantitative estimate of drug-likeness (QED) is 0.385. The SMILES string of the molecule is CCNC(=NCc1ccccc1OCC)NC(C)COC.I. The van der Waals surface area contributed by atoms with Gasteiger partial charge in [0, 0.05) is 25.3 Å². The average molecular weight is 421 g/mol. The van der Waals surface area contributed by atoms with E-state index in [1.54, 1.807) is 7.11 Å². The minimum atomic E-state index is 0. The van der Waals surface area contributed by atoms with Crippen LogP contribution in [0, 0.1) is 0 Å². The fourth-order valence-corrected chi connectivity index (χ4v) is 1.94. The van der Waals surface area contributed by atoms with Crippen LogP contribution in [0.15, 0.2) is 29.3 Å². The van der Waals surface area contributed by atoms with Gasteiger partial charge in [0.1, 0.15) is 5.75 Å². The normalized spacial score (nSPS) is 12.3. The Morgan fingerprint density at radius 2 is 2.00 bits per heavy atom. The van der Waals surface area contributed by atoms with Gasteiger partial charge in [-0.05, 0) is 26.8 Å². The highest BCUT2D eigenvalue weighted by Gasteiger charge is 2.06. The lowest BCUT2D eigenvalue weighted by atomic mass is 10.2. The first-order valence-corrected chi connectivity index (χ1v) is 7.45. The topological polar surface area (TPSA) is 54.9 Å². The number of nitrogens with zero attached hydrogens (tertiary/aromatic N) is 1. The number of para-hydroxylation sites is 1. The van der Waals surface area contributed by atoms with Gasteiger partial charge in [-0.2, -0.15) is 0 Å². The van der Waals surface area contributed by atoms with Gasteiger partial charge in [0.2, 0.25) is 0 Å². The Morgan fingerprint density at radius 3 is 2.64 bits per heavy atom. The van der Waals surface area contributed by atoms with E-state index in [1.165, 1.54) is 0 Å². The molecule has 1 aromatic carbocycles. The van der Waals surface area contributed by atoms with E-state index in [9.17, 15) is 0 Å². The van der Waals surface area contributed by atoms with Crippen LogP contribution in [0.1, 0.15) is 26.3 Å². The van der Waals surface area contributed by atoms with Gasteiger partial charge < -0.3 is 20.1 Å². The molecule has 0 aromatic heterocycles. The van der Waals surface area contributed by atoms with Crippen molar-refractivity contribution in [3.8, 4) is 5.75 Å². The van der Waals surface area contributed by atoms with Crippen LogP contribution in [0.2, 0.25) is 0 Å². The maximum atomic E-state index is 5.62. The van der Waals surface area contributed by atoms with Gasteiger partial charge in [-0.25, -0.2) is 4.99 Å². The molecule has 0 aliphatic heterocycles. The number of benzene rings is 1. The van der Waals surface area contributed by atoms with Crippen LogP contribution in [0.4, 0.5) is 0 Å². The molecule has 0 heterocycles. The summed E-state index contributed by atoms with van der Waals surface area (Å²) in [5.41, 5.74) is 1.08. The average Bonchev–Trinajstić information content (AvgIpc) is 2.47. The second kappa shape index (κ2) is 12.5. The summed E-state index contributed by atoms with van der Waals surface area (Å²) in [6, 6.07) is 8.19. The Morgan fingerprint density at radius 1 is 1.27 bits per heavy atom. The standard InChI is InChI=1S/C16H27N3O2.HI/c1-5-17-16(19-13(3)12-20-4)18-11-14-9-7-8-10-15(14)21-6-2;/h7-10,13H,5-6,11-12H2,1-4H3,(H2,17,18,19);1H. The molecule has 0 radical (unpaired) electrons. The molecule has 0 saturated carbocycles. The molecular weight excluding hydrogens is 393 g/mol. The van der Waals surface area contributed by atoms with Crippen LogP contribution in [0.5, 0.6) is 5.75 Å². The summed E-state index contributed by atoms with van der Waals surface area (Å²) in [4.78, 5) is 4.61. The van der Waals surface area contributed by atoms with Crippen molar-refractivity contribution in [1.29, 1.82) is 0 Å². The molecule has 0 aliphatic carbocycles. The zero-order chi connectivity index (χ0) is 15.5. The van der Waals surface area contributed by atoms with Crippen LogP contribution in [-0.2, 0) is 11.3 Å². The fraction of sp³-hybridized carbons (Fsp3) is 0.562. The summed E-state index contributed by atoms with van der Waals surface area (Å²) in [5, 5.41) is 6.55. The first kappa shape index (κ1) is 21.0. The predicted octanol–water partition coefficient (Wildman–Crippen LogP) is 2.79. The second-order valence-electron chi connectivity index (χ2n) is 4.74. The molecule has 1 unspecified atom stereocenters. The number of halogens is 1. The maximum absolute atomic E-state index is 5.62. The van der Waals surface area contributed by atoms with Crippen molar-refractivity contribution in [3.05, 3.63) is 29.8 Å². The smallest absolute Gasteiger partial charge is 0.191 e. The predicted molar refractivity (Wildman–Crippen MR) is 102 cm³/mol. The highest BCUT2D eigenvalue weighted by molar-refractivity contribution is 14.0. The lowest BCUT2D eigenvalue weighted by molar-refractivity contribution is 0.179. The number of ether oxygens (including phenoxy) is 2. The lowest BCUT2D eigenvalue weighted by Gasteiger charge is -2.17. The molecule has 0 saturated heterocycles. The van der Waals surface area contributed by atoms with Crippen molar-refractivity contribution in [2.45, 2.75) is 33.4 Å². The van der Waals surface area contributed by atoms with Gasteiger partial charge in [0.05, 0.1) is 19.8 Å². The first-order chi connectivity index (χ1) is 10.2. The van der Waals surface area contributed by atoms with E-state index in [-0.39, 0.29) is 30.0 Å². The van der Waals surface area contributed by atoms with Crippen molar-refractivity contribution in [3.63, 3.8) is 0 Å². The Bertz CT molecular complexity index is 441. The molecule has 6 heteroatoms. The number of hydrogen-bond donors (Lipinski definition) is 2. The second-order valence-corrected chi connectivity index (χ2v) is 4.74. The van der Waals surface area contributed by atoms with E-state index in [2.05, 4.69) is 22.5 Å². The van der Waals surface area contributed by atoms with Gasteiger partial charge in [-0.1, -0.05) is 18.2 Å². The number of guanidine groups is 1. The van der Waals surface area contributed by atoms with E-state index in [0.717, 1.165) is 23.8 Å². The molecule has 1 rings (SSSR count). The summed E-state index contributed by atoms with van der Waals surface area (Å²) < 4.78 is 10.8. The Hall–Kier alpha value is -1.02.